The Hall–Kier alpha value is -2.41. The molecule has 18 heavy (non-hydrogen) atoms. The number of para-hydroxylation sites is 1. The first-order valence-electron chi connectivity index (χ1n) is 5.72. The van der Waals surface area contributed by atoms with Gasteiger partial charge in [-0.3, -0.25) is 0 Å². The lowest BCUT2D eigenvalue weighted by Crippen LogP contribution is -1.99. The molecule has 0 saturated carbocycles. The SMILES string of the molecule is CCOc1ccccc1-c1nc(C)cc(C#N)n1. The van der Waals surface area contributed by atoms with Gasteiger partial charge in [0.25, 0.3) is 0 Å². The topological polar surface area (TPSA) is 58.8 Å². The number of aryl methyl sites for hydroxylation is 1. The van der Waals surface area contributed by atoms with Gasteiger partial charge in [0.15, 0.2) is 5.82 Å². The van der Waals surface area contributed by atoms with E-state index in [1.54, 1.807) is 6.07 Å². The number of ether oxygens (including phenoxy) is 1. The highest BCUT2D eigenvalue weighted by molar-refractivity contribution is 5.64. The Kier molecular flexibility index (Phi) is 3.54. The number of aromatic nitrogens is 2. The van der Waals surface area contributed by atoms with Crippen molar-refractivity contribution in [3.8, 4) is 23.2 Å². The highest BCUT2D eigenvalue weighted by Crippen LogP contribution is 2.27. The molecule has 0 radical (unpaired) electrons. The number of benzene rings is 1. The first kappa shape index (κ1) is 12.1. The van der Waals surface area contributed by atoms with Crippen LogP contribution in [0.4, 0.5) is 0 Å². The summed E-state index contributed by atoms with van der Waals surface area (Å²) in [6, 6.07) is 11.3. The van der Waals surface area contributed by atoms with Crippen molar-refractivity contribution in [3.05, 3.63) is 41.7 Å². The maximum Gasteiger partial charge on any atom is 0.164 e. The first-order chi connectivity index (χ1) is 8.74. The van der Waals surface area contributed by atoms with Crippen LogP contribution in [-0.4, -0.2) is 16.6 Å². The molecule has 2 rings (SSSR count). The van der Waals surface area contributed by atoms with Crippen molar-refractivity contribution in [1.29, 1.82) is 5.26 Å². The molecule has 1 aromatic heterocycles. The van der Waals surface area contributed by atoms with E-state index in [1.165, 1.54) is 0 Å². The summed E-state index contributed by atoms with van der Waals surface area (Å²) in [5, 5.41) is 8.93. The van der Waals surface area contributed by atoms with E-state index in [9.17, 15) is 0 Å². The van der Waals surface area contributed by atoms with Crippen LogP contribution in [0.2, 0.25) is 0 Å². The van der Waals surface area contributed by atoms with Crippen molar-refractivity contribution in [2.45, 2.75) is 13.8 Å². The van der Waals surface area contributed by atoms with Crippen LogP contribution in [0.5, 0.6) is 5.75 Å². The Morgan fingerprint density at radius 1 is 1.28 bits per heavy atom. The zero-order valence-corrected chi connectivity index (χ0v) is 10.3. The number of nitriles is 1. The zero-order chi connectivity index (χ0) is 13.0. The van der Waals surface area contributed by atoms with Crippen LogP contribution >= 0.6 is 0 Å². The van der Waals surface area contributed by atoms with E-state index in [0.717, 1.165) is 17.0 Å². The second kappa shape index (κ2) is 5.28. The fourth-order valence-electron chi connectivity index (χ4n) is 1.68. The molecule has 0 saturated heterocycles. The molecular weight excluding hydrogens is 226 g/mol. The van der Waals surface area contributed by atoms with E-state index in [0.29, 0.717) is 18.1 Å². The third-order valence-corrected chi connectivity index (χ3v) is 2.40. The molecule has 0 amide bonds. The summed E-state index contributed by atoms with van der Waals surface area (Å²) in [5.41, 5.74) is 1.94. The third kappa shape index (κ3) is 2.46. The summed E-state index contributed by atoms with van der Waals surface area (Å²) in [7, 11) is 0. The molecule has 0 aliphatic carbocycles. The smallest absolute Gasteiger partial charge is 0.164 e. The van der Waals surface area contributed by atoms with Gasteiger partial charge in [0, 0.05) is 5.69 Å². The maximum atomic E-state index is 8.93. The Morgan fingerprint density at radius 3 is 2.78 bits per heavy atom. The van der Waals surface area contributed by atoms with E-state index >= 15 is 0 Å². The molecule has 90 valence electrons. The van der Waals surface area contributed by atoms with Crippen LogP contribution in [0, 0.1) is 18.3 Å². The number of nitrogens with zero attached hydrogens (tertiary/aromatic N) is 3. The van der Waals surface area contributed by atoms with Gasteiger partial charge in [0.05, 0.1) is 12.2 Å². The van der Waals surface area contributed by atoms with Crippen LogP contribution in [0.3, 0.4) is 0 Å². The third-order valence-electron chi connectivity index (χ3n) is 2.40. The Labute approximate surface area is 106 Å². The lowest BCUT2D eigenvalue weighted by Gasteiger charge is -2.09. The van der Waals surface area contributed by atoms with E-state index < -0.39 is 0 Å². The molecule has 0 atom stereocenters. The minimum Gasteiger partial charge on any atom is -0.493 e. The summed E-state index contributed by atoms with van der Waals surface area (Å²) in [6.07, 6.45) is 0. The molecule has 1 aromatic carbocycles. The predicted octanol–water partition coefficient (Wildman–Crippen LogP) is 2.72. The second-order valence-electron chi connectivity index (χ2n) is 3.76. The molecule has 0 aliphatic heterocycles. The van der Waals surface area contributed by atoms with Gasteiger partial charge in [0.2, 0.25) is 0 Å². The molecule has 0 aliphatic rings. The average Bonchev–Trinajstić information content (AvgIpc) is 2.39. The summed E-state index contributed by atoms with van der Waals surface area (Å²) in [5.74, 6) is 1.25. The van der Waals surface area contributed by atoms with Gasteiger partial charge in [-0.2, -0.15) is 5.26 Å². The minimum atomic E-state index is 0.365. The molecule has 0 unspecified atom stereocenters. The molecule has 4 nitrogen and oxygen atoms in total. The van der Waals surface area contributed by atoms with Gasteiger partial charge in [-0.05, 0) is 32.0 Å². The lowest BCUT2D eigenvalue weighted by atomic mass is 10.2. The van der Waals surface area contributed by atoms with Gasteiger partial charge in [0.1, 0.15) is 17.5 Å². The fraction of sp³-hybridized carbons (Fsp3) is 0.214. The highest BCUT2D eigenvalue weighted by atomic mass is 16.5. The summed E-state index contributed by atoms with van der Waals surface area (Å²) in [6.45, 7) is 4.35. The van der Waals surface area contributed by atoms with Crippen molar-refractivity contribution in [3.63, 3.8) is 0 Å². The van der Waals surface area contributed by atoms with Gasteiger partial charge >= 0.3 is 0 Å². The molecule has 0 fully saturated rings. The van der Waals surface area contributed by atoms with Crippen molar-refractivity contribution >= 4 is 0 Å². The van der Waals surface area contributed by atoms with Gasteiger partial charge in [-0.25, -0.2) is 9.97 Å². The van der Waals surface area contributed by atoms with E-state index in [4.69, 9.17) is 10.00 Å². The van der Waals surface area contributed by atoms with Crippen molar-refractivity contribution in [2.24, 2.45) is 0 Å². The molecule has 0 N–H and O–H groups in total. The summed E-state index contributed by atoms with van der Waals surface area (Å²) >= 11 is 0. The largest absolute Gasteiger partial charge is 0.493 e. The van der Waals surface area contributed by atoms with E-state index in [1.807, 2.05) is 44.2 Å². The standard InChI is InChI=1S/C14H13N3O/c1-3-18-13-7-5-4-6-12(13)14-16-10(2)8-11(9-15)17-14/h4-8H,3H2,1-2H3. The second-order valence-corrected chi connectivity index (χ2v) is 3.76. The lowest BCUT2D eigenvalue weighted by molar-refractivity contribution is 0.341. The summed E-state index contributed by atoms with van der Waals surface area (Å²) < 4.78 is 5.54. The van der Waals surface area contributed by atoms with E-state index in [-0.39, 0.29) is 0 Å². The number of rotatable bonds is 3. The van der Waals surface area contributed by atoms with Crippen LogP contribution in [-0.2, 0) is 0 Å². The van der Waals surface area contributed by atoms with Gasteiger partial charge in [-0.15, -0.1) is 0 Å². The quantitative estimate of drug-likeness (QED) is 0.826. The maximum absolute atomic E-state index is 8.93. The highest BCUT2D eigenvalue weighted by Gasteiger charge is 2.10. The molecule has 2 aromatic rings. The van der Waals surface area contributed by atoms with Crippen molar-refractivity contribution in [1.82, 2.24) is 9.97 Å². The molecule has 0 spiro atoms. The van der Waals surface area contributed by atoms with Gasteiger partial charge < -0.3 is 4.74 Å². The van der Waals surface area contributed by atoms with Crippen LogP contribution in [0.15, 0.2) is 30.3 Å². The van der Waals surface area contributed by atoms with Crippen molar-refractivity contribution < 1.29 is 4.74 Å². The zero-order valence-electron chi connectivity index (χ0n) is 10.3. The molecule has 1 heterocycles. The summed E-state index contributed by atoms with van der Waals surface area (Å²) in [4.78, 5) is 8.57. The van der Waals surface area contributed by atoms with Crippen molar-refractivity contribution in [2.75, 3.05) is 6.61 Å². The fourth-order valence-corrected chi connectivity index (χ4v) is 1.68. The number of hydrogen-bond acceptors (Lipinski definition) is 4. The normalized spacial score (nSPS) is 9.83. The number of hydrogen-bond donors (Lipinski definition) is 0. The monoisotopic (exact) mass is 239 g/mol. The average molecular weight is 239 g/mol. The predicted molar refractivity (Wildman–Crippen MR) is 68.1 cm³/mol. The van der Waals surface area contributed by atoms with Crippen LogP contribution in [0.1, 0.15) is 18.3 Å². The van der Waals surface area contributed by atoms with E-state index in [2.05, 4.69) is 9.97 Å². The molecule has 0 bridgehead atoms. The van der Waals surface area contributed by atoms with Crippen LogP contribution < -0.4 is 4.74 Å². The van der Waals surface area contributed by atoms with Gasteiger partial charge in [-0.1, -0.05) is 12.1 Å². The Bertz CT molecular complexity index is 602. The molecule has 4 heteroatoms. The van der Waals surface area contributed by atoms with Crippen LogP contribution in [0.25, 0.3) is 11.4 Å². The minimum absolute atomic E-state index is 0.365. The Balaban J connectivity index is 2.55. The molecular formula is C14H13N3O. The Morgan fingerprint density at radius 2 is 2.06 bits per heavy atom. The first-order valence-corrected chi connectivity index (χ1v) is 5.72.